The summed E-state index contributed by atoms with van der Waals surface area (Å²) in [5, 5.41) is 2.66. The second kappa shape index (κ2) is 10.5. The maximum absolute atomic E-state index is 12.6. The van der Waals surface area contributed by atoms with Crippen LogP contribution in [-0.2, 0) is 21.2 Å². The van der Waals surface area contributed by atoms with E-state index in [-0.39, 0.29) is 49.4 Å². The third-order valence-corrected chi connectivity index (χ3v) is 6.80. The highest BCUT2D eigenvalue weighted by atomic mass is 32.2. The van der Waals surface area contributed by atoms with Gasteiger partial charge in [0.1, 0.15) is 5.75 Å². The predicted molar refractivity (Wildman–Crippen MR) is 114 cm³/mol. The molecule has 0 spiro atoms. The van der Waals surface area contributed by atoms with E-state index in [4.69, 9.17) is 9.15 Å². The Balaban J connectivity index is 1.40. The van der Waals surface area contributed by atoms with Crippen LogP contribution in [0.15, 0.2) is 47.1 Å². The normalized spacial score (nSPS) is 14.9. The Kier molecular flexibility index (Phi) is 7.69. The molecule has 2 aromatic rings. The first-order valence-electron chi connectivity index (χ1n) is 10.2. The number of rotatable bonds is 9. The van der Waals surface area contributed by atoms with Crippen LogP contribution in [0.1, 0.15) is 23.0 Å². The van der Waals surface area contributed by atoms with Crippen molar-refractivity contribution in [1.29, 1.82) is 0 Å². The molecule has 0 unspecified atom stereocenters. The average Bonchev–Trinajstić information content (AvgIpc) is 3.30. The number of nitrogens with one attached hydrogen (secondary N) is 1. The first kappa shape index (κ1) is 22.8. The Morgan fingerprint density at radius 3 is 2.42 bits per heavy atom. The summed E-state index contributed by atoms with van der Waals surface area (Å²) in [5.74, 6) is 0.306. The van der Waals surface area contributed by atoms with Crippen LogP contribution in [0.3, 0.4) is 0 Å². The van der Waals surface area contributed by atoms with E-state index in [0.29, 0.717) is 19.7 Å². The number of hydrogen-bond acceptors (Lipinski definition) is 6. The molecule has 1 N–H and O–H groups in total. The molecule has 0 aliphatic carbocycles. The first-order valence-corrected chi connectivity index (χ1v) is 11.8. The summed E-state index contributed by atoms with van der Waals surface area (Å²) in [7, 11) is -3.53. The lowest BCUT2D eigenvalue weighted by Crippen LogP contribution is -2.51. The van der Waals surface area contributed by atoms with E-state index >= 15 is 0 Å². The van der Waals surface area contributed by atoms with Crippen LogP contribution in [0.25, 0.3) is 0 Å². The molecule has 0 atom stereocenters. The van der Waals surface area contributed by atoms with Gasteiger partial charge in [-0.25, -0.2) is 8.42 Å². The van der Waals surface area contributed by atoms with Crippen molar-refractivity contribution in [1.82, 2.24) is 14.5 Å². The van der Waals surface area contributed by atoms with Crippen molar-refractivity contribution in [2.75, 3.05) is 45.1 Å². The van der Waals surface area contributed by atoms with Gasteiger partial charge < -0.3 is 19.4 Å². The zero-order valence-electron chi connectivity index (χ0n) is 17.5. The van der Waals surface area contributed by atoms with Crippen molar-refractivity contribution in [2.24, 2.45) is 0 Å². The summed E-state index contributed by atoms with van der Waals surface area (Å²) in [5.41, 5.74) is 0.821. The summed E-state index contributed by atoms with van der Waals surface area (Å²) in [6.07, 6.45) is 1.60. The monoisotopic (exact) mass is 449 g/mol. The van der Waals surface area contributed by atoms with Gasteiger partial charge >= 0.3 is 0 Å². The van der Waals surface area contributed by atoms with E-state index in [1.54, 1.807) is 29.2 Å². The fraction of sp³-hybridized carbons (Fsp3) is 0.429. The van der Waals surface area contributed by atoms with Crippen LogP contribution in [0.2, 0.25) is 0 Å². The van der Waals surface area contributed by atoms with Gasteiger partial charge in [0, 0.05) is 32.7 Å². The third-order valence-electron chi connectivity index (χ3n) is 4.93. The number of carbonyl (C=O) groups excluding carboxylic acids is 2. The Morgan fingerprint density at radius 2 is 1.81 bits per heavy atom. The van der Waals surface area contributed by atoms with Gasteiger partial charge in [-0.3, -0.25) is 9.59 Å². The summed E-state index contributed by atoms with van der Waals surface area (Å²) in [6.45, 7) is 3.53. The van der Waals surface area contributed by atoms with Crippen LogP contribution >= 0.6 is 0 Å². The highest BCUT2D eigenvalue weighted by Crippen LogP contribution is 2.13. The molecule has 31 heavy (non-hydrogen) atoms. The number of furan rings is 1. The lowest BCUT2D eigenvalue weighted by Gasteiger charge is -2.33. The number of piperazine rings is 1. The quantitative estimate of drug-likeness (QED) is 0.615. The average molecular weight is 450 g/mol. The van der Waals surface area contributed by atoms with Crippen molar-refractivity contribution in [3.05, 3.63) is 54.0 Å². The second-order valence-corrected chi connectivity index (χ2v) is 9.18. The smallest absolute Gasteiger partial charge is 0.289 e. The molecule has 0 bridgehead atoms. The van der Waals surface area contributed by atoms with Crippen LogP contribution in [-0.4, -0.2) is 74.5 Å². The van der Waals surface area contributed by atoms with Crippen LogP contribution in [0, 0.1) is 0 Å². The summed E-state index contributed by atoms with van der Waals surface area (Å²) >= 11 is 0. The Morgan fingerprint density at radius 1 is 1.10 bits per heavy atom. The molecule has 3 rings (SSSR count). The summed E-state index contributed by atoms with van der Waals surface area (Å²) < 4.78 is 37.0. The van der Waals surface area contributed by atoms with Gasteiger partial charge in [0.25, 0.3) is 5.91 Å². The molecule has 1 saturated heterocycles. The fourth-order valence-electron chi connectivity index (χ4n) is 3.29. The van der Waals surface area contributed by atoms with E-state index < -0.39 is 10.0 Å². The van der Waals surface area contributed by atoms with E-state index in [0.717, 1.165) is 11.3 Å². The first-order chi connectivity index (χ1) is 14.9. The lowest BCUT2D eigenvalue weighted by atomic mass is 10.1. The number of nitrogens with zero attached hydrogens (tertiary/aromatic N) is 2. The van der Waals surface area contributed by atoms with Gasteiger partial charge in [0.15, 0.2) is 5.76 Å². The van der Waals surface area contributed by atoms with Crippen LogP contribution < -0.4 is 10.1 Å². The van der Waals surface area contributed by atoms with Gasteiger partial charge in [-0.1, -0.05) is 12.1 Å². The Labute approximate surface area is 182 Å². The Hall–Kier alpha value is -2.85. The van der Waals surface area contributed by atoms with Gasteiger partial charge in [-0.15, -0.1) is 0 Å². The van der Waals surface area contributed by atoms with Crippen LogP contribution in [0.4, 0.5) is 0 Å². The van der Waals surface area contributed by atoms with Crippen molar-refractivity contribution in [3.8, 4) is 5.75 Å². The highest BCUT2D eigenvalue weighted by molar-refractivity contribution is 7.89. The number of sulfonamides is 1. The largest absolute Gasteiger partial charge is 0.494 e. The molecular weight excluding hydrogens is 422 g/mol. The zero-order valence-corrected chi connectivity index (χ0v) is 18.3. The minimum atomic E-state index is -3.53. The topological polar surface area (TPSA) is 109 Å². The number of carbonyl (C=O) groups is 2. The van der Waals surface area contributed by atoms with E-state index in [2.05, 4.69) is 5.32 Å². The van der Waals surface area contributed by atoms with Gasteiger partial charge in [-0.05, 0) is 36.8 Å². The third kappa shape index (κ3) is 6.31. The Bertz CT molecular complexity index is 965. The second-order valence-electron chi connectivity index (χ2n) is 7.09. The molecule has 1 fully saturated rings. The number of benzene rings is 1. The fourth-order valence-corrected chi connectivity index (χ4v) is 4.63. The number of amides is 2. The molecule has 168 valence electrons. The molecule has 1 aromatic heterocycles. The minimum Gasteiger partial charge on any atom is -0.494 e. The molecule has 9 nitrogen and oxygen atoms in total. The van der Waals surface area contributed by atoms with Gasteiger partial charge in [0.2, 0.25) is 15.9 Å². The maximum atomic E-state index is 12.6. The van der Waals surface area contributed by atoms with E-state index in [9.17, 15) is 18.0 Å². The number of hydrogen-bond donors (Lipinski definition) is 1. The summed E-state index contributed by atoms with van der Waals surface area (Å²) in [4.78, 5) is 26.0. The predicted octanol–water partition coefficient (Wildman–Crippen LogP) is 1.12. The molecule has 10 heteroatoms. The van der Waals surface area contributed by atoms with E-state index in [1.165, 1.54) is 10.6 Å². The molecule has 0 radical (unpaired) electrons. The molecule has 2 heterocycles. The minimum absolute atomic E-state index is 0.0315. The van der Waals surface area contributed by atoms with Crippen molar-refractivity contribution >= 4 is 21.8 Å². The maximum Gasteiger partial charge on any atom is 0.289 e. The SMILES string of the molecule is CCOc1ccc(CC(=O)NCCS(=O)(=O)N2CCN(C(=O)c3ccco3)CC2)cc1. The molecule has 1 aliphatic rings. The van der Waals surface area contributed by atoms with Crippen molar-refractivity contribution in [3.63, 3.8) is 0 Å². The van der Waals surface area contributed by atoms with E-state index in [1.807, 2.05) is 19.1 Å². The molecule has 2 amide bonds. The summed E-state index contributed by atoms with van der Waals surface area (Å²) in [6, 6.07) is 10.4. The zero-order chi connectivity index (χ0) is 22.3. The van der Waals surface area contributed by atoms with Gasteiger partial charge in [0.05, 0.1) is 25.0 Å². The van der Waals surface area contributed by atoms with Crippen molar-refractivity contribution < 1.29 is 27.2 Å². The van der Waals surface area contributed by atoms with Crippen LogP contribution in [0.5, 0.6) is 5.75 Å². The molecule has 0 saturated carbocycles. The standard InChI is InChI=1S/C21H27N3O6S/c1-2-29-18-7-5-17(6-8-18)16-20(25)22-9-15-31(27,28)24-12-10-23(11-13-24)21(26)19-4-3-14-30-19/h3-8,14H,2,9-13,15-16H2,1H3,(H,22,25). The van der Waals surface area contributed by atoms with Gasteiger partial charge in [-0.2, -0.15) is 4.31 Å². The number of ether oxygens (including phenoxy) is 1. The lowest BCUT2D eigenvalue weighted by molar-refractivity contribution is -0.120. The molecule has 1 aromatic carbocycles. The van der Waals surface area contributed by atoms with Crippen molar-refractivity contribution in [2.45, 2.75) is 13.3 Å². The highest BCUT2D eigenvalue weighted by Gasteiger charge is 2.29. The molecule has 1 aliphatic heterocycles. The molecular formula is C21H27N3O6S.